The van der Waals surface area contributed by atoms with E-state index in [1.54, 1.807) is 23.7 Å². The normalized spacial score (nSPS) is 17.2. The van der Waals surface area contributed by atoms with Crippen LogP contribution in [0.3, 0.4) is 0 Å². The van der Waals surface area contributed by atoms with E-state index in [4.69, 9.17) is 10.5 Å². The molecule has 1 aromatic carbocycles. The van der Waals surface area contributed by atoms with E-state index in [1.807, 2.05) is 31.3 Å². The smallest absolute Gasteiger partial charge is 0.255 e. The molecule has 3 heterocycles. The molecule has 1 aliphatic heterocycles. The van der Waals surface area contributed by atoms with E-state index in [1.165, 1.54) is 6.08 Å². The summed E-state index contributed by atoms with van der Waals surface area (Å²) in [5, 5.41) is 8.72. The lowest BCUT2D eigenvalue weighted by Gasteiger charge is -2.22. The van der Waals surface area contributed by atoms with Crippen LogP contribution in [0.5, 0.6) is 0 Å². The Morgan fingerprint density at radius 2 is 2.14 bits per heavy atom. The van der Waals surface area contributed by atoms with Crippen LogP contribution in [-0.4, -0.2) is 64.8 Å². The molecule has 0 saturated carbocycles. The highest BCUT2D eigenvalue weighted by atomic mass is 16.5. The molecule has 2 atom stereocenters. The van der Waals surface area contributed by atoms with Crippen LogP contribution < -0.4 is 11.1 Å². The lowest BCUT2D eigenvalue weighted by Crippen LogP contribution is -2.37. The highest BCUT2D eigenvalue weighted by Gasteiger charge is 2.37. The summed E-state index contributed by atoms with van der Waals surface area (Å²) in [6, 6.07) is 7.50. The number of amides is 2. The Kier molecular flexibility index (Phi) is 6.85. The molecule has 1 fully saturated rings. The molecule has 0 unspecified atom stereocenters. The SMILES string of the molecule is C=CC(=O)N1C[C@@H](n2nc(C#Cc3ccc4cc(C)cnc4c3)c(C(N)=O)c2NC)C[C@@H]1COC. The van der Waals surface area contributed by atoms with E-state index < -0.39 is 5.91 Å². The van der Waals surface area contributed by atoms with Crippen molar-refractivity contribution in [2.45, 2.75) is 25.4 Å². The van der Waals surface area contributed by atoms with Crippen molar-refractivity contribution in [1.82, 2.24) is 19.7 Å². The van der Waals surface area contributed by atoms with Crippen LogP contribution >= 0.6 is 0 Å². The van der Waals surface area contributed by atoms with Crippen LogP contribution in [-0.2, 0) is 9.53 Å². The molecule has 1 aliphatic rings. The molecule has 180 valence electrons. The van der Waals surface area contributed by atoms with Crippen molar-refractivity contribution in [1.29, 1.82) is 0 Å². The number of aryl methyl sites for hydroxylation is 1. The minimum Gasteiger partial charge on any atom is -0.383 e. The monoisotopic (exact) mass is 472 g/mol. The summed E-state index contributed by atoms with van der Waals surface area (Å²) in [7, 11) is 3.29. The predicted molar refractivity (Wildman–Crippen MR) is 134 cm³/mol. The fraction of sp³-hybridized carbons (Fsp3) is 0.308. The van der Waals surface area contributed by atoms with E-state index in [9.17, 15) is 9.59 Å². The van der Waals surface area contributed by atoms with Gasteiger partial charge in [-0.3, -0.25) is 14.6 Å². The molecule has 2 amide bonds. The number of anilines is 1. The van der Waals surface area contributed by atoms with Crippen LogP contribution in [0.15, 0.2) is 43.1 Å². The number of hydrogen-bond donors (Lipinski definition) is 2. The van der Waals surface area contributed by atoms with Crippen molar-refractivity contribution >= 4 is 28.5 Å². The zero-order valence-electron chi connectivity index (χ0n) is 20.0. The topological polar surface area (TPSA) is 115 Å². The molecule has 1 saturated heterocycles. The van der Waals surface area contributed by atoms with Crippen LogP contribution in [0, 0.1) is 18.8 Å². The quantitative estimate of drug-likeness (QED) is 0.420. The van der Waals surface area contributed by atoms with Gasteiger partial charge < -0.3 is 20.7 Å². The molecule has 3 aromatic rings. The fourth-order valence-corrected chi connectivity index (χ4v) is 4.51. The van der Waals surface area contributed by atoms with Crippen molar-refractivity contribution in [3.05, 3.63) is 65.5 Å². The average molecular weight is 473 g/mol. The average Bonchev–Trinajstić information content (AvgIpc) is 3.43. The molecule has 4 rings (SSSR count). The fourth-order valence-electron chi connectivity index (χ4n) is 4.51. The van der Waals surface area contributed by atoms with E-state index in [0.29, 0.717) is 25.4 Å². The van der Waals surface area contributed by atoms with Crippen molar-refractivity contribution in [3.8, 4) is 11.8 Å². The maximum Gasteiger partial charge on any atom is 0.255 e. The number of methoxy groups -OCH3 is 1. The summed E-state index contributed by atoms with van der Waals surface area (Å²) in [6.07, 6.45) is 3.70. The minimum absolute atomic E-state index is 0.135. The first kappa shape index (κ1) is 24.0. The van der Waals surface area contributed by atoms with Gasteiger partial charge in [-0.2, -0.15) is 5.10 Å². The third-order valence-electron chi connectivity index (χ3n) is 6.09. The van der Waals surface area contributed by atoms with Gasteiger partial charge in [0.1, 0.15) is 11.4 Å². The summed E-state index contributed by atoms with van der Waals surface area (Å²) >= 11 is 0. The van der Waals surface area contributed by atoms with E-state index >= 15 is 0 Å². The number of rotatable bonds is 6. The van der Waals surface area contributed by atoms with Gasteiger partial charge >= 0.3 is 0 Å². The zero-order valence-corrected chi connectivity index (χ0v) is 20.0. The minimum atomic E-state index is -0.633. The molecule has 3 N–H and O–H groups in total. The number of pyridine rings is 1. The van der Waals surface area contributed by atoms with Gasteiger partial charge in [0.15, 0.2) is 5.69 Å². The third-order valence-corrected chi connectivity index (χ3v) is 6.09. The molecular weight excluding hydrogens is 444 g/mol. The number of carbonyl (C=O) groups excluding carboxylic acids is 2. The number of aromatic nitrogens is 3. The molecule has 9 nitrogen and oxygen atoms in total. The van der Waals surface area contributed by atoms with E-state index in [0.717, 1.165) is 22.0 Å². The second-order valence-electron chi connectivity index (χ2n) is 8.49. The van der Waals surface area contributed by atoms with Crippen LogP contribution in [0.4, 0.5) is 5.82 Å². The van der Waals surface area contributed by atoms with Crippen molar-refractivity contribution in [2.24, 2.45) is 5.73 Å². The molecule has 0 bridgehead atoms. The molecule has 0 aliphatic carbocycles. The second-order valence-corrected chi connectivity index (χ2v) is 8.49. The molecule has 0 radical (unpaired) electrons. The van der Waals surface area contributed by atoms with Crippen LogP contribution in [0.25, 0.3) is 10.9 Å². The number of primary amides is 1. The van der Waals surface area contributed by atoms with Crippen LogP contribution in [0.2, 0.25) is 0 Å². The Labute approximate surface area is 203 Å². The lowest BCUT2D eigenvalue weighted by atomic mass is 10.1. The van der Waals surface area contributed by atoms with Gasteiger partial charge in [-0.1, -0.05) is 18.6 Å². The number of carbonyl (C=O) groups is 2. The molecule has 35 heavy (non-hydrogen) atoms. The first-order chi connectivity index (χ1) is 16.9. The number of hydrogen-bond acceptors (Lipinski definition) is 6. The molecule has 2 aromatic heterocycles. The standard InChI is InChI=1S/C26H28N6O3/c1-5-23(33)31-14-19(12-20(31)15-35-4)32-26(28-3)24(25(27)34)21(30-32)9-7-17-6-8-18-10-16(2)13-29-22(18)11-17/h5-6,8,10-11,13,19-20,28H,1,12,14-15H2,2-4H3,(H2,27,34)/t19-,20+/m0/s1. The molecular formula is C26H28N6O3. The van der Waals surface area contributed by atoms with Gasteiger partial charge in [0.2, 0.25) is 5.91 Å². The summed E-state index contributed by atoms with van der Waals surface area (Å²) in [6.45, 7) is 6.38. The van der Waals surface area contributed by atoms with Crippen molar-refractivity contribution < 1.29 is 14.3 Å². The molecule has 0 spiro atoms. The van der Waals surface area contributed by atoms with Gasteiger partial charge in [-0.05, 0) is 49.1 Å². The Balaban J connectivity index is 1.72. The summed E-state index contributed by atoms with van der Waals surface area (Å²) in [4.78, 5) is 30.9. The first-order valence-electron chi connectivity index (χ1n) is 11.3. The molecule has 9 heteroatoms. The van der Waals surface area contributed by atoms with Gasteiger partial charge in [0.05, 0.1) is 24.2 Å². The van der Waals surface area contributed by atoms with Crippen molar-refractivity contribution in [2.75, 3.05) is 32.6 Å². The van der Waals surface area contributed by atoms with Crippen LogP contribution in [0.1, 0.15) is 39.6 Å². The Bertz CT molecular complexity index is 1370. The Morgan fingerprint density at radius 1 is 1.34 bits per heavy atom. The number of benzene rings is 1. The number of likely N-dealkylation sites (tertiary alicyclic amines) is 1. The van der Waals surface area contributed by atoms with E-state index in [-0.39, 0.29) is 29.2 Å². The summed E-state index contributed by atoms with van der Waals surface area (Å²) < 4.78 is 7.01. The van der Waals surface area contributed by atoms with Gasteiger partial charge in [-0.15, -0.1) is 0 Å². The number of ether oxygens (including phenoxy) is 1. The largest absolute Gasteiger partial charge is 0.383 e. The number of nitrogens with one attached hydrogen (secondary N) is 1. The Hall–Kier alpha value is -4.16. The lowest BCUT2D eigenvalue weighted by molar-refractivity contribution is -0.127. The number of fused-ring (bicyclic) bond motifs is 1. The first-order valence-corrected chi connectivity index (χ1v) is 11.3. The third kappa shape index (κ3) is 4.74. The summed E-state index contributed by atoms with van der Waals surface area (Å²) in [5.41, 5.74) is 8.87. The zero-order chi connectivity index (χ0) is 25.1. The van der Waals surface area contributed by atoms with Crippen molar-refractivity contribution in [3.63, 3.8) is 0 Å². The number of nitrogens with zero attached hydrogens (tertiary/aromatic N) is 4. The maximum absolute atomic E-state index is 12.4. The Morgan fingerprint density at radius 3 is 2.83 bits per heavy atom. The number of nitrogens with two attached hydrogens (primary N) is 1. The van der Waals surface area contributed by atoms with Gasteiger partial charge in [0.25, 0.3) is 5.91 Å². The highest BCUT2D eigenvalue weighted by Crippen LogP contribution is 2.32. The summed E-state index contributed by atoms with van der Waals surface area (Å²) in [5.74, 6) is 5.75. The van der Waals surface area contributed by atoms with Gasteiger partial charge in [-0.25, -0.2) is 4.68 Å². The highest BCUT2D eigenvalue weighted by molar-refractivity contribution is 6.00. The van der Waals surface area contributed by atoms with E-state index in [2.05, 4.69) is 39.9 Å². The second kappa shape index (κ2) is 9.99. The predicted octanol–water partition coefficient (Wildman–Crippen LogP) is 2.25. The maximum atomic E-state index is 12.4. The van der Waals surface area contributed by atoms with Gasteiger partial charge in [0, 0.05) is 37.8 Å².